The highest BCUT2D eigenvalue weighted by atomic mass is 16.4. The summed E-state index contributed by atoms with van der Waals surface area (Å²) in [5, 5.41) is 24.7. The van der Waals surface area contributed by atoms with E-state index in [0.29, 0.717) is 0 Å². The molecular weight excluding hydrogens is 444 g/mol. The van der Waals surface area contributed by atoms with Gasteiger partial charge >= 0.3 is 11.9 Å². The van der Waals surface area contributed by atoms with Gasteiger partial charge in [0.15, 0.2) is 0 Å². The second kappa shape index (κ2) is 13.6. The number of carboxylic acid groups (broad SMARTS) is 2. The lowest BCUT2D eigenvalue weighted by Gasteiger charge is -2.26. The molecule has 0 radical (unpaired) electrons. The van der Waals surface area contributed by atoms with Crippen LogP contribution < -0.4 is 33.2 Å². The van der Waals surface area contributed by atoms with Gasteiger partial charge in [-0.05, 0) is 12.3 Å². The molecule has 0 aliphatic rings. The zero-order valence-electron chi connectivity index (χ0n) is 18.2. The van der Waals surface area contributed by atoms with Gasteiger partial charge in [0.25, 0.3) is 0 Å². The molecule has 0 aromatic carbocycles. The number of nitrogens with two attached hydrogens (primary N) is 3. The van der Waals surface area contributed by atoms with Crippen molar-refractivity contribution >= 4 is 41.5 Å². The summed E-state index contributed by atoms with van der Waals surface area (Å²) in [5.41, 5.74) is 15.5. The number of amides is 5. The normalized spacial score (nSPS) is 14.3. The number of hydrogen-bond donors (Lipinski definition) is 8. The molecule has 0 aliphatic carbocycles. The molecule has 186 valence electrons. The zero-order valence-corrected chi connectivity index (χ0v) is 18.2. The molecular formula is C18H30N6O9. The molecule has 33 heavy (non-hydrogen) atoms. The van der Waals surface area contributed by atoms with Gasteiger partial charge in [0, 0.05) is 6.42 Å². The van der Waals surface area contributed by atoms with Crippen molar-refractivity contribution in [2.45, 2.75) is 63.7 Å². The van der Waals surface area contributed by atoms with E-state index in [9.17, 15) is 33.6 Å². The second-order valence-corrected chi connectivity index (χ2v) is 7.57. The van der Waals surface area contributed by atoms with Crippen molar-refractivity contribution in [3.05, 3.63) is 0 Å². The topological polar surface area (TPSA) is 274 Å². The molecule has 15 heteroatoms. The van der Waals surface area contributed by atoms with E-state index in [0.717, 1.165) is 0 Å². The van der Waals surface area contributed by atoms with Gasteiger partial charge in [-0.1, -0.05) is 13.8 Å². The molecule has 0 aromatic rings. The minimum atomic E-state index is -1.70. The summed E-state index contributed by atoms with van der Waals surface area (Å²) in [6, 6.07) is -5.78. The quantitative estimate of drug-likeness (QED) is 0.114. The van der Waals surface area contributed by atoms with E-state index >= 15 is 0 Å². The molecule has 11 N–H and O–H groups in total. The van der Waals surface area contributed by atoms with Crippen LogP contribution in [-0.4, -0.2) is 75.9 Å². The fourth-order valence-corrected chi connectivity index (χ4v) is 2.58. The Kier molecular flexibility index (Phi) is 12.1. The first-order valence-electron chi connectivity index (χ1n) is 9.83. The van der Waals surface area contributed by atoms with Crippen molar-refractivity contribution in [2.24, 2.45) is 23.1 Å². The summed E-state index contributed by atoms with van der Waals surface area (Å²) >= 11 is 0. The van der Waals surface area contributed by atoms with Crippen LogP contribution in [0, 0.1) is 5.92 Å². The molecule has 5 amide bonds. The summed E-state index contributed by atoms with van der Waals surface area (Å²) in [4.78, 5) is 81.6. The first-order valence-corrected chi connectivity index (χ1v) is 9.83. The van der Waals surface area contributed by atoms with E-state index in [1.54, 1.807) is 13.8 Å². The van der Waals surface area contributed by atoms with Crippen LogP contribution in [0.2, 0.25) is 0 Å². The number of nitrogens with one attached hydrogen (secondary N) is 3. The molecule has 0 heterocycles. The largest absolute Gasteiger partial charge is 0.481 e. The number of carboxylic acids is 2. The average Bonchev–Trinajstić information content (AvgIpc) is 2.66. The summed E-state index contributed by atoms with van der Waals surface area (Å²) in [7, 11) is 0. The molecule has 0 bridgehead atoms. The van der Waals surface area contributed by atoms with Gasteiger partial charge < -0.3 is 43.4 Å². The summed E-state index contributed by atoms with van der Waals surface area (Å²) in [6.07, 6.45) is -2.19. The highest BCUT2D eigenvalue weighted by molar-refractivity contribution is 5.95. The molecule has 0 spiro atoms. The summed E-state index contributed by atoms with van der Waals surface area (Å²) < 4.78 is 0. The standard InChI is InChI=1S/C18H30N6O9/c1-7(2)14(24-15(29)8(19)5-11(20)25)17(31)22-9(3-4-13(27)28)16(30)23-10(18(32)33)6-12(21)26/h7-10,14H,3-6,19H2,1-2H3,(H2,20,25)(H2,21,26)(H,22,31)(H,23,30)(H,24,29)(H,27,28)(H,32,33). The smallest absolute Gasteiger partial charge is 0.326 e. The Bertz CT molecular complexity index is 785. The maximum Gasteiger partial charge on any atom is 0.326 e. The molecule has 4 unspecified atom stereocenters. The Hall–Kier alpha value is -3.75. The lowest BCUT2D eigenvalue weighted by atomic mass is 10.0. The van der Waals surface area contributed by atoms with Crippen LogP contribution in [0.5, 0.6) is 0 Å². The number of hydrogen-bond acceptors (Lipinski definition) is 8. The van der Waals surface area contributed by atoms with Crippen LogP contribution in [0.1, 0.15) is 39.5 Å². The van der Waals surface area contributed by atoms with E-state index in [2.05, 4.69) is 10.6 Å². The van der Waals surface area contributed by atoms with Gasteiger partial charge in [-0.25, -0.2) is 4.79 Å². The molecule has 0 aromatic heterocycles. The van der Waals surface area contributed by atoms with Gasteiger partial charge in [-0.3, -0.25) is 28.8 Å². The van der Waals surface area contributed by atoms with Gasteiger partial charge in [0.2, 0.25) is 29.5 Å². The molecule has 0 saturated heterocycles. The van der Waals surface area contributed by atoms with Crippen LogP contribution in [-0.2, 0) is 33.6 Å². The van der Waals surface area contributed by atoms with E-state index in [1.807, 2.05) is 5.32 Å². The second-order valence-electron chi connectivity index (χ2n) is 7.57. The fourth-order valence-electron chi connectivity index (χ4n) is 2.58. The SMILES string of the molecule is CC(C)C(NC(=O)C(N)CC(N)=O)C(=O)NC(CCC(=O)O)C(=O)NC(CC(N)=O)C(=O)O. The summed E-state index contributed by atoms with van der Waals surface area (Å²) in [6.45, 7) is 3.12. The Morgan fingerprint density at radius 3 is 1.70 bits per heavy atom. The van der Waals surface area contributed by atoms with Crippen LogP contribution in [0.4, 0.5) is 0 Å². The van der Waals surface area contributed by atoms with E-state index in [-0.39, 0.29) is 0 Å². The molecule has 15 nitrogen and oxygen atoms in total. The van der Waals surface area contributed by atoms with Crippen LogP contribution in [0.15, 0.2) is 0 Å². The van der Waals surface area contributed by atoms with Crippen molar-refractivity contribution in [1.29, 1.82) is 0 Å². The zero-order chi connectivity index (χ0) is 25.9. The number of carbonyl (C=O) groups excluding carboxylic acids is 5. The first-order chi connectivity index (χ1) is 15.1. The fraction of sp³-hybridized carbons (Fsp3) is 0.611. The molecule has 0 fully saturated rings. The third kappa shape index (κ3) is 11.4. The Balaban J connectivity index is 5.53. The first kappa shape index (κ1) is 29.2. The lowest BCUT2D eigenvalue weighted by Crippen LogP contribution is -2.58. The van der Waals surface area contributed by atoms with Crippen LogP contribution in [0.3, 0.4) is 0 Å². The van der Waals surface area contributed by atoms with Crippen molar-refractivity contribution in [3.8, 4) is 0 Å². The predicted octanol–water partition coefficient (Wildman–Crippen LogP) is -3.88. The third-order valence-electron chi connectivity index (χ3n) is 4.30. The molecule has 0 aliphatic heterocycles. The molecule has 0 rings (SSSR count). The van der Waals surface area contributed by atoms with Crippen LogP contribution >= 0.6 is 0 Å². The highest BCUT2D eigenvalue weighted by Gasteiger charge is 2.32. The Morgan fingerprint density at radius 2 is 1.27 bits per heavy atom. The highest BCUT2D eigenvalue weighted by Crippen LogP contribution is 2.07. The Morgan fingerprint density at radius 1 is 0.758 bits per heavy atom. The van der Waals surface area contributed by atoms with Gasteiger partial charge in [-0.2, -0.15) is 0 Å². The number of rotatable bonds is 15. The van der Waals surface area contributed by atoms with Crippen molar-refractivity contribution in [1.82, 2.24) is 16.0 Å². The lowest BCUT2D eigenvalue weighted by molar-refractivity contribution is -0.144. The molecule has 4 atom stereocenters. The minimum Gasteiger partial charge on any atom is -0.481 e. The van der Waals surface area contributed by atoms with E-state index in [1.165, 1.54) is 0 Å². The van der Waals surface area contributed by atoms with Crippen molar-refractivity contribution in [2.75, 3.05) is 0 Å². The van der Waals surface area contributed by atoms with E-state index in [4.69, 9.17) is 27.4 Å². The van der Waals surface area contributed by atoms with Gasteiger partial charge in [0.1, 0.15) is 18.1 Å². The predicted molar refractivity (Wildman–Crippen MR) is 111 cm³/mol. The average molecular weight is 474 g/mol. The number of primary amides is 2. The molecule has 0 saturated carbocycles. The van der Waals surface area contributed by atoms with Crippen molar-refractivity contribution in [3.63, 3.8) is 0 Å². The number of carbonyl (C=O) groups is 7. The van der Waals surface area contributed by atoms with Gasteiger partial charge in [-0.15, -0.1) is 0 Å². The number of aliphatic carboxylic acids is 2. The third-order valence-corrected chi connectivity index (χ3v) is 4.30. The monoisotopic (exact) mass is 474 g/mol. The minimum absolute atomic E-state index is 0.421. The van der Waals surface area contributed by atoms with Gasteiger partial charge in [0.05, 0.1) is 18.9 Å². The van der Waals surface area contributed by atoms with Crippen molar-refractivity contribution < 1.29 is 43.8 Å². The maximum atomic E-state index is 12.7. The van der Waals surface area contributed by atoms with Crippen LogP contribution in [0.25, 0.3) is 0 Å². The Labute approximate surface area is 188 Å². The maximum absolute atomic E-state index is 12.7. The summed E-state index contributed by atoms with van der Waals surface area (Å²) in [5.74, 6) is -8.06. The van der Waals surface area contributed by atoms with E-state index < -0.39 is 97.2 Å².